The number of pyridine rings is 1. The zero-order valence-corrected chi connectivity index (χ0v) is 11.7. The van der Waals surface area contributed by atoms with E-state index in [1.165, 1.54) is 22.8 Å². The van der Waals surface area contributed by atoms with E-state index < -0.39 is 0 Å². The van der Waals surface area contributed by atoms with Gasteiger partial charge >= 0.3 is 0 Å². The molecule has 1 aliphatic rings. The van der Waals surface area contributed by atoms with Crippen molar-refractivity contribution in [3.05, 3.63) is 36.0 Å². The molecule has 1 unspecified atom stereocenters. The van der Waals surface area contributed by atoms with Crippen LogP contribution in [0.1, 0.15) is 18.9 Å². The minimum absolute atomic E-state index is 0.776. The van der Waals surface area contributed by atoms with Gasteiger partial charge in [0.05, 0.1) is 0 Å². The topological polar surface area (TPSA) is 28.2 Å². The molecule has 3 rings (SSSR count). The Morgan fingerprint density at radius 3 is 2.79 bits per heavy atom. The van der Waals surface area contributed by atoms with E-state index in [1.54, 1.807) is 0 Å². The zero-order chi connectivity index (χ0) is 13.2. The lowest BCUT2D eigenvalue weighted by molar-refractivity contribution is 0.659. The summed E-state index contributed by atoms with van der Waals surface area (Å²) >= 11 is 0. The van der Waals surface area contributed by atoms with E-state index in [9.17, 15) is 0 Å². The molecule has 1 saturated heterocycles. The van der Waals surface area contributed by atoms with Gasteiger partial charge in [-0.25, -0.2) is 4.98 Å². The van der Waals surface area contributed by atoms with E-state index in [0.29, 0.717) is 0 Å². The van der Waals surface area contributed by atoms with Crippen LogP contribution in [0.5, 0.6) is 0 Å². The predicted molar refractivity (Wildman–Crippen MR) is 80.5 cm³/mol. The number of benzene rings is 1. The highest BCUT2D eigenvalue weighted by Crippen LogP contribution is 2.30. The third-order valence-corrected chi connectivity index (χ3v) is 3.95. The summed E-state index contributed by atoms with van der Waals surface area (Å²) in [6.07, 6.45) is 3.30. The minimum atomic E-state index is 0.776. The second kappa shape index (κ2) is 5.17. The molecule has 3 nitrogen and oxygen atoms in total. The SMILES string of the molecule is CNCc1cnc(N2CCC(C)C2)c2ccccc12. The van der Waals surface area contributed by atoms with Crippen molar-refractivity contribution in [1.82, 2.24) is 10.3 Å². The normalized spacial score (nSPS) is 19.3. The molecule has 2 aromatic rings. The summed E-state index contributed by atoms with van der Waals surface area (Å²) in [5, 5.41) is 5.82. The van der Waals surface area contributed by atoms with Crippen LogP contribution in [0.4, 0.5) is 5.82 Å². The van der Waals surface area contributed by atoms with Crippen LogP contribution >= 0.6 is 0 Å². The van der Waals surface area contributed by atoms with Gasteiger partial charge in [0.25, 0.3) is 0 Å². The zero-order valence-electron chi connectivity index (χ0n) is 11.7. The molecule has 1 fully saturated rings. The Kier molecular flexibility index (Phi) is 3.38. The lowest BCUT2D eigenvalue weighted by atomic mass is 10.1. The van der Waals surface area contributed by atoms with Gasteiger partial charge in [-0.05, 0) is 30.3 Å². The Balaban J connectivity index is 2.08. The van der Waals surface area contributed by atoms with Crippen LogP contribution in [-0.4, -0.2) is 25.1 Å². The molecule has 1 aromatic carbocycles. The highest BCUT2D eigenvalue weighted by atomic mass is 15.2. The first-order valence-corrected chi connectivity index (χ1v) is 7.05. The van der Waals surface area contributed by atoms with Gasteiger partial charge < -0.3 is 10.2 Å². The van der Waals surface area contributed by atoms with Crippen LogP contribution in [0, 0.1) is 5.92 Å². The van der Waals surface area contributed by atoms with Crippen molar-refractivity contribution >= 4 is 16.6 Å². The Labute approximate surface area is 114 Å². The molecule has 100 valence electrons. The predicted octanol–water partition coefficient (Wildman–Crippen LogP) is 2.80. The van der Waals surface area contributed by atoms with Crippen LogP contribution < -0.4 is 10.2 Å². The second-order valence-electron chi connectivity index (χ2n) is 5.52. The van der Waals surface area contributed by atoms with E-state index in [0.717, 1.165) is 31.4 Å². The fourth-order valence-electron chi connectivity index (χ4n) is 2.95. The van der Waals surface area contributed by atoms with Crippen LogP contribution in [-0.2, 0) is 6.54 Å². The molecule has 1 aliphatic heterocycles. The number of aromatic nitrogens is 1. The maximum Gasteiger partial charge on any atom is 0.136 e. The Bertz CT molecular complexity index is 579. The van der Waals surface area contributed by atoms with Gasteiger partial charge in [-0.3, -0.25) is 0 Å². The van der Waals surface area contributed by atoms with Gasteiger partial charge in [0, 0.05) is 31.2 Å². The van der Waals surface area contributed by atoms with Gasteiger partial charge in [0.1, 0.15) is 5.82 Å². The van der Waals surface area contributed by atoms with Crippen LogP contribution in [0.3, 0.4) is 0 Å². The Morgan fingerprint density at radius 2 is 2.11 bits per heavy atom. The summed E-state index contributed by atoms with van der Waals surface area (Å²) in [6.45, 7) is 5.44. The van der Waals surface area contributed by atoms with Crippen molar-refractivity contribution in [2.24, 2.45) is 5.92 Å². The molecule has 2 heterocycles. The van der Waals surface area contributed by atoms with Gasteiger partial charge in [-0.1, -0.05) is 31.2 Å². The van der Waals surface area contributed by atoms with Crippen LogP contribution in [0.2, 0.25) is 0 Å². The molecular formula is C16H21N3. The third-order valence-electron chi connectivity index (χ3n) is 3.95. The van der Waals surface area contributed by atoms with Crippen LogP contribution in [0.15, 0.2) is 30.5 Å². The summed E-state index contributed by atoms with van der Waals surface area (Å²) < 4.78 is 0. The molecule has 0 saturated carbocycles. The van der Waals surface area contributed by atoms with E-state index in [4.69, 9.17) is 4.98 Å². The van der Waals surface area contributed by atoms with E-state index in [-0.39, 0.29) is 0 Å². The van der Waals surface area contributed by atoms with E-state index in [1.807, 2.05) is 13.2 Å². The summed E-state index contributed by atoms with van der Waals surface area (Å²) in [5.41, 5.74) is 1.27. The van der Waals surface area contributed by atoms with Crippen molar-refractivity contribution in [2.75, 3.05) is 25.0 Å². The lowest BCUT2D eigenvalue weighted by Crippen LogP contribution is -2.21. The van der Waals surface area contributed by atoms with Crippen molar-refractivity contribution < 1.29 is 0 Å². The van der Waals surface area contributed by atoms with Gasteiger partial charge in [-0.15, -0.1) is 0 Å². The molecule has 1 atom stereocenters. The molecule has 1 aromatic heterocycles. The number of fused-ring (bicyclic) bond motifs is 1. The molecule has 3 heteroatoms. The van der Waals surface area contributed by atoms with Crippen molar-refractivity contribution in [3.63, 3.8) is 0 Å². The van der Waals surface area contributed by atoms with Crippen LogP contribution in [0.25, 0.3) is 10.8 Å². The number of nitrogens with zero attached hydrogens (tertiary/aromatic N) is 2. The Morgan fingerprint density at radius 1 is 1.32 bits per heavy atom. The minimum Gasteiger partial charge on any atom is -0.356 e. The maximum absolute atomic E-state index is 4.73. The number of nitrogens with one attached hydrogen (secondary N) is 1. The molecular weight excluding hydrogens is 234 g/mol. The van der Waals surface area contributed by atoms with Gasteiger partial charge in [-0.2, -0.15) is 0 Å². The third kappa shape index (κ3) is 2.30. The Hall–Kier alpha value is -1.61. The largest absolute Gasteiger partial charge is 0.356 e. The first-order valence-electron chi connectivity index (χ1n) is 7.05. The van der Waals surface area contributed by atoms with Crippen molar-refractivity contribution in [2.45, 2.75) is 19.9 Å². The summed E-state index contributed by atoms with van der Waals surface area (Å²) in [4.78, 5) is 7.15. The molecule has 19 heavy (non-hydrogen) atoms. The molecule has 0 bridgehead atoms. The number of hydrogen-bond donors (Lipinski definition) is 1. The standard InChI is InChI=1S/C16H21N3/c1-12-7-8-19(11-12)16-15-6-4-3-5-14(15)13(9-17-2)10-18-16/h3-6,10,12,17H,7-9,11H2,1-2H3. The molecule has 0 amide bonds. The average Bonchev–Trinajstić information content (AvgIpc) is 2.86. The molecule has 0 spiro atoms. The van der Waals surface area contributed by atoms with Crippen molar-refractivity contribution in [3.8, 4) is 0 Å². The first kappa shape index (κ1) is 12.4. The smallest absolute Gasteiger partial charge is 0.136 e. The lowest BCUT2D eigenvalue weighted by Gasteiger charge is -2.20. The second-order valence-corrected chi connectivity index (χ2v) is 5.52. The molecule has 0 radical (unpaired) electrons. The number of anilines is 1. The summed E-state index contributed by atoms with van der Waals surface area (Å²) in [6, 6.07) is 8.61. The summed E-state index contributed by atoms with van der Waals surface area (Å²) in [7, 11) is 1.98. The maximum atomic E-state index is 4.73. The monoisotopic (exact) mass is 255 g/mol. The van der Waals surface area contributed by atoms with Gasteiger partial charge in [0.15, 0.2) is 0 Å². The number of rotatable bonds is 3. The first-order chi connectivity index (χ1) is 9.29. The van der Waals surface area contributed by atoms with Crippen molar-refractivity contribution in [1.29, 1.82) is 0 Å². The summed E-state index contributed by atoms with van der Waals surface area (Å²) in [5.74, 6) is 1.93. The molecule has 0 aliphatic carbocycles. The van der Waals surface area contributed by atoms with E-state index >= 15 is 0 Å². The highest BCUT2D eigenvalue weighted by Gasteiger charge is 2.21. The highest BCUT2D eigenvalue weighted by molar-refractivity contribution is 5.94. The number of hydrogen-bond acceptors (Lipinski definition) is 3. The van der Waals surface area contributed by atoms with E-state index in [2.05, 4.69) is 41.4 Å². The molecule has 1 N–H and O–H groups in total. The quantitative estimate of drug-likeness (QED) is 0.914. The van der Waals surface area contributed by atoms with Gasteiger partial charge in [0.2, 0.25) is 0 Å². The average molecular weight is 255 g/mol. The fraction of sp³-hybridized carbons (Fsp3) is 0.438. The fourth-order valence-corrected chi connectivity index (χ4v) is 2.95.